The molecule has 3 heterocycles. The Balaban J connectivity index is 1.61. The van der Waals surface area contributed by atoms with E-state index in [0.29, 0.717) is 6.54 Å². The quantitative estimate of drug-likeness (QED) is 0.785. The first-order valence-electron chi connectivity index (χ1n) is 8.91. The normalized spacial score (nSPS) is 17.4. The van der Waals surface area contributed by atoms with Crippen LogP contribution >= 0.6 is 0 Å². The number of carbonyl (C=O) groups excluding carboxylic acids is 1. The zero-order valence-electron chi connectivity index (χ0n) is 14.7. The molecule has 4 rings (SSSR count). The highest BCUT2D eigenvalue weighted by Crippen LogP contribution is 2.32. The van der Waals surface area contributed by atoms with E-state index in [0.717, 1.165) is 23.4 Å². The topological polar surface area (TPSA) is 50.2 Å². The molecule has 1 aliphatic heterocycles. The lowest BCUT2D eigenvalue weighted by molar-refractivity contribution is 0.166. The third kappa shape index (κ3) is 3.08. The molecule has 0 bridgehead atoms. The fourth-order valence-electron chi connectivity index (χ4n) is 3.59. The second-order valence-corrected chi connectivity index (χ2v) is 6.58. The maximum atomic E-state index is 13.1. The van der Waals surface area contributed by atoms with Gasteiger partial charge in [0.25, 0.3) is 0 Å². The maximum Gasteiger partial charge on any atom is 0.318 e. The van der Waals surface area contributed by atoms with Gasteiger partial charge in [-0.2, -0.15) is 0 Å². The van der Waals surface area contributed by atoms with E-state index in [-0.39, 0.29) is 18.1 Å². The second-order valence-electron chi connectivity index (χ2n) is 6.58. The van der Waals surface area contributed by atoms with Crippen molar-refractivity contribution in [3.63, 3.8) is 0 Å². The number of pyridine rings is 1. The molecule has 0 fully saturated rings. The van der Waals surface area contributed by atoms with Crippen LogP contribution in [0.4, 0.5) is 4.79 Å². The molecule has 0 saturated heterocycles. The van der Waals surface area contributed by atoms with Crippen LogP contribution in [0.25, 0.3) is 0 Å². The Bertz CT molecular complexity index is 875. The van der Waals surface area contributed by atoms with Crippen molar-refractivity contribution in [2.75, 3.05) is 6.54 Å². The molecular formula is C21H22N4O. The number of amides is 2. The van der Waals surface area contributed by atoms with Crippen molar-refractivity contribution >= 4 is 6.03 Å². The zero-order chi connectivity index (χ0) is 17.9. The smallest absolute Gasteiger partial charge is 0.318 e. The SMILES string of the molecule is C[C@@H](NC(=O)N1CCn2cccc2[C@@H]1c1ccccc1)c1ccncc1. The summed E-state index contributed by atoms with van der Waals surface area (Å²) in [5, 5.41) is 3.14. The molecule has 1 aliphatic rings. The van der Waals surface area contributed by atoms with Crippen molar-refractivity contribution in [1.29, 1.82) is 0 Å². The summed E-state index contributed by atoms with van der Waals surface area (Å²) < 4.78 is 2.23. The minimum absolute atomic E-state index is 0.0457. The summed E-state index contributed by atoms with van der Waals surface area (Å²) in [6.07, 6.45) is 5.58. The van der Waals surface area contributed by atoms with Gasteiger partial charge >= 0.3 is 6.03 Å². The van der Waals surface area contributed by atoms with Gasteiger partial charge in [-0.25, -0.2) is 4.79 Å². The molecule has 0 aliphatic carbocycles. The van der Waals surface area contributed by atoms with Crippen LogP contribution in [0.2, 0.25) is 0 Å². The van der Waals surface area contributed by atoms with Crippen molar-refractivity contribution < 1.29 is 4.79 Å². The van der Waals surface area contributed by atoms with Crippen molar-refractivity contribution in [1.82, 2.24) is 19.8 Å². The molecule has 0 saturated carbocycles. The Hall–Kier alpha value is -3.08. The number of urea groups is 1. The Morgan fingerprint density at radius 3 is 2.62 bits per heavy atom. The fraction of sp³-hybridized carbons (Fsp3) is 0.238. The highest BCUT2D eigenvalue weighted by Gasteiger charge is 2.32. The van der Waals surface area contributed by atoms with E-state index in [1.54, 1.807) is 12.4 Å². The Morgan fingerprint density at radius 1 is 1.08 bits per heavy atom. The molecule has 1 aromatic carbocycles. The predicted molar refractivity (Wildman–Crippen MR) is 101 cm³/mol. The van der Waals surface area contributed by atoms with Gasteiger partial charge in [-0.15, -0.1) is 0 Å². The molecule has 0 unspecified atom stereocenters. The summed E-state index contributed by atoms with van der Waals surface area (Å²) in [4.78, 5) is 19.1. The van der Waals surface area contributed by atoms with Gasteiger partial charge in [0.15, 0.2) is 0 Å². The van der Waals surface area contributed by atoms with E-state index in [1.165, 1.54) is 0 Å². The van der Waals surface area contributed by atoms with Gasteiger partial charge in [0.1, 0.15) is 0 Å². The summed E-state index contributed by atoms with van der Waals surface area (Å²) >= 11 is 0. The first-order valence-corrected chi connectivity index (χ1v) is 8.91. The van der Waals surface area contributed by atoms with E-state index < -0.39 is 0 Å². The lowest BCUT2D eigenvalue weighted by Gasteiger charge is -2.38. The van der Waals surface area contributed by atoms with Gasteiger partial charge in [0.05, 0.1) is 12.1 Å². The van der Waals surface area contributed by atoms with Crippen molar-refractivity contribution in [3.8, 4) is 0 Å². The van der Waals surface area contributed by atoms with Gasteiger partial charge in [-0.3, -0.25) is 4.98 Å². The van der Waals surface area contributed by atoms with Gasteiger partial charge in [0, 0.05) is 37.4 Å². The molecule has 2 aromatic heterocycles. The molecule has 2 atom stereocenters. The lowest BCUT2D eigenvalue weighted by Crippen LogP contribution is -2.47. The van der Waals surface area contributed by atoms with Gasteiger partial charge in [-0.1, -0.05) is 30.3 Å². The fourth-order valence-corrected chi connectivity index (χ4v) is 3.59. The Morgan fingerprint density at radius 2 is 1.85 bits per heavy atom. The average molecular weight is 346 g/mol. The standard InChI is InChI=1S/C21H22N4O/c1-16(17-9-11-22-12-10-17)23-21(26)25-15-14-24-13-5-8-19(24)20(25)18-6-3-2-4-7-18/h2-13,16,20H,14-15H2,1H3,(H,23,26)/t16-,20+/m1/s1. The number of rotatable bonds is 3. The molecule has 2 amide bonds. The molecule has 5 heteroatoms. The van der Waals surface area contributed by atoms with Crippen LogP contribution in [0.15, 0.2) is 73.2 Å². The first-order chi connectivity index (χ1) is 12.7. The number of nitrogens with one attached hydrogen (secondary N) is 1. The van der Waals surface area contributed by atoms with Crippen molar-refractivity contribution in [2.24, 2.45) is 0 Å². The number of benzene rings is 1. The zero-order valence-corrected chi connectivity index (χ0v) is 14.7. The van der Waals surface area contributed by atoms with Gasteiger partial charge in [0.2, 0.25) is 0 Å². The maximum absolute atomic E-state index is 13.1. The molecule has 1 N–H and O–H groups in total. The van der Waals surface area contributed by atoms with E-state index in [4.69, 9.17) is 0 Å². The highest BCUT2D eigenvalue weighted by atomic mass is 16.2. The third-order valence-electron chi connectivity index (χ3n) is 4.96. The predicted octanol–water partition coefficient (Wildman–Crippen LogP) is 3.76. The molecule has 3 aromatic rings. The minimum atomic E-state index is -0.0791. The monoisotopic (exact) mass is 346 g/mol. The largest absolute Gasteiger partial charge is 0.348 e. The molecule has 0 radical (unpaired) electrons. The molecule has 0 spiro atoms. The van der Waals surface area contributed by atoms with Crippen LogP contribution in [-0.4, -0.2) is 27.0 Å². The second kappa shape index (κ2) is 7.04. The number of hydrogen-bond acceptors (Lipinski definition) is 2. The van der Waals surface area contributed by atoms with Crippen LogP contribution in [0, 0.1) is 0 Å². The van der Waals surface area contributed by atoms with E-state index in [9.17, 15) is 4.79 Å². The van der Waals surface area contributed by atoms with Crippen LogP contribution in [0.5, 0.6) is 0 Å². The highest BCUT2D eigenvalue weighted by molar-refractivity contribution is 5.76. The van der Waals surface area contributed by atoms with E-state index in [1.807, 2.05) is 48.2 Å². The minimum Gasteiger partial charge on any atom is -0.348 e. The summed E-state index contributed by atoms with van der Waals surface area (Å²) in [5.74, 6) is 0. The van der Waals surface area contributed by atoms with E-state index in [2.05, 4.69) is 39.3 Å². The number of fused-ring (bicyclic) bond motifs is 1. The summed E-state index contributed by atoms with van der Waals surface area (Å²) in [6, 6.07) is 18.0. The number of nitrogens with zero attached hydrogens (tertiary/aromatic N) is 3. The Labute approximate surface area is 153 Å². The lowest BCUT2D eigenvalue weighted by atomic mass is 10.0. The van der Waals surface area contributed by atoms with E-state index >= 15 is 0 Å². The van der Waals surface area contributed by atoms with Crippen molar-refractivity contribution in [3.05, 3.63) is 90.0 Å². The Kier molecular flexibility index (Phi) is 4.44. The summed E-state index contributed by atoms with van der Waals surface area (Å²) in [6.45, 7) is 3.48. The summed E-state index contributed by atoms with van der Waals surface area (Å²) in [5.41, 5.74) is 3.32. The third-order valence-corrected chi connectivity index (χ3v) is 4.96. The number of carbonyl (C=O) groups is 1. The van der Waals surface area contributed by atoms with Crippen molar-refractivity contribution in [2.45, 2.75) is 25.6 Å². The molecule has 26 heavy (non-hydrogen) atoms. The summed E-state index contributed by atoms with van der Waals surface area (Å²) in [7, 11) is 0. The van der Waals surface area contributed by atoms with Crippen LogP contribution < -0.4 is 5.32 Å². The van der Waals surface area contributed by atoms with Crippen LogP contribution in [0.1, 0.15) is 35.8 Å². The number of hydrogen-bond donors (Lipinski definition) is 1. The van der Waals surface area contributed by atoms with Gasteiger partial charge < -0.3 is 14.8 Å². The van der Waals surface area contributed by atoms with Crippen LogP contribution in [-0.2, 0) is 6.54 Å². The van der Waals surface area contributed by atoms with Gasteiger partial charge in [-0.05, 0) is 42.3 Å². The average Bonchev–Trinajstić information content (AvgIpc) is 3.17. The molecular weight excluding hydrogens is 324 g/mol. The van der Waals surface area contributed by atoms with Crippen LogP contribution in [0.3, 0.4) is 0 Å². The molecule has 132 valence electrons. The number of aromatic nitrogens is 2. The first kappa shape index (κ1) is 16.4. The molecule has 5 nitrogen and oxygen atoms in total.